The van der Waals surface area contributed by atoms with E-state index in [1.165, 1.54) is 5.56 Å². The van der Waals surface area contributed by atoms with Gasteiger partial charge in [0.25, 0.3) is 0 Å². The third-order valence-corrected chi connectivity index (χ3v) is 4.10. The van der Waals surface area contributed by atoms with Crippen molar-refractivity contribution in [1.82, 2.24) is 4.90 Å². The molecule has 0 radical (unpaired) electrons. The van der Waals surface area contributed by atoms with Gasteiger partial charge >= 0.3 is 0 Å². The number of nitrogens with zero attached hydrogens (tertiary/aromatic N) is 1. The molecule has 0 spiro atoms. The van der Waals surface area contributed by atoms with Crippen LogP contribution in [0.5, 0.6) is 5.75 Å². The van der Waals surface area contributed by atoms with Crippen LogP contribution in [0.1, 0.15) is 38.3 Å². The molecule has 1 atom stereocenters. The van der Waals surface area contributed by atoms with Crippen LogP contribution >= 0.6 is 0 Å². The molecule has 1 fully saturated rings. The Morgan fingerprint density at radius 2 is 2.05 bits per heavy atom. The lowest BCUT2D eigenvalue weighted by Gasteiger charge is -2.37. The van der Waals surface area contributed by atoms with E-state index >= 15 is 0 Å². The summed E-state index contributed by atoms with van der Waals surface area (Å²) in [7, 11) is 2.17. The quantitative estimate of drug-likeness (QED) is 0.875. The summed E-state index contributed by atoms with van der Waals surface area (Å²) >= 11 is 0. The molecule has 4 nitrogen and oxygen atoms in total. The topological polar surface area (TPSA) is 47.7 Å². The lowest BCUT2D eigenvalue weighted by Crippen LogP contribution is -2.41. The summed E-state index contributed by atoms with van der Waals surface area (Å²) in [5.74, 6) is 0.918. The average Bonchev–Trinajstić information content (AvgIpc) is 2.48. The van der Waals surface area contributed by atoms with Crippen LogP contribution in [0, 0.1) is 0 Å². The van der Waals surface area contributed by atoms with Gasteiger partial charge in [0.2, 0.25) is 0 Å². The van der Waals surface area contributed by atoms with Crippen molar-refractivity contribution in [2.75, 3.05) is 26.8 Å². The van der Waals surface area contributed by atoms with E-state index in [-0.39, 0.29) is 12.1 Å². The second kappa shape index (κ2) is 7.78. The molecule has 0 aromatic heterocycles. The van der Waals surface area contributed by atoms with Crippen LogP contribution < -0.4 is 10.5 Å². The predicted octanol–water partition coefficient (Wildman–Crippen LogP) is 2.58. The van der Waals surface area contributed by atoms with Gasteiger partial charge in [-0.3, -0.25) is 4.90 Å². The van der Waals surface area contributed by atoms with E-state index in [1.54, 1.807) is 0 Å². The maximum absolute atomic E-state index is 6.05. The van der Waals surface area contributed by atoms with Crippen molar-refractivity contribution < 1.29 is 9.47 Å². The fourth-order valence-electron chi connectivity index (χ4n) is 2.95. The van der Waals surface area contributed by atoms with Gasteiger partial charge in [0.1, 0.15) is 5.75 Å². The first-order valence-electron chi connectivity index (χ1n) is 7.88. The Labute approximate surface area is 128 Å². The van der Waals surface area contributed by atoms with E-state index in [0.29, 0.717) is 12.6 Å². The summed E-state index contributed by atoms with van der Waals surface area (Å²) < 4.78 is 11.2. The van der Waals surface area contributed by atoms with Gasteiger partial charge in [0.05, 0.1) is 6.10 Å². The highest BCUT2D eigenvalue weighted by molar-refractivity contribution is 5.31. The molecule has 0 aliphatic carbocycles. The van der Waals surface area contributed by atoms with Crippen molar-refractivity contribution >= 4 is 0 Å². The highest BCUT2D eigenvalue weighted by Crippen LogP contribution is 2.27. The standard InChI is InChI=1S/C17H28N2O2/c1-13(2)21-16-6-4-5-14(11-16)17(12-18)19(3)15-7-9-20-10-8-15/h4-6,11,13,15,17H,7-10,12,18H2,1-3H3. The van der Waals surface area contributed by atoms with E-state index in [1.807, 2.05) is 26.0 Å². The molecule has 1 heterocycles. The molecule has 0 amide bonds. The molecule has 2 rings (SSSR count). The normalized spacial score (nSPS) is 18.2. The summed E-state index contributed by atoms with van der Waals surface area (Å²) in [6.45, 7) is 6.40. The zero-order valence-electron chi connectivity index (χ0n) is 13.4. The number of ether oxygens (including phenoxy) is 2. The lowest BCUT2D eigenvalue weighted by atomic mass is 10.0. The Morgan fingerprint density at radius 3 is 2.67 bits per heavy atom. The fraction of sp³-hybridized carbons (Fsp3) is 0.647. The van der Waals surface area contributed by atoms with Crippen LogP contribution in [0.2, 0.25) is 0 Å². The molecule has 1 aliphatic rings. The van der Waals surface area contributed by atoms with Crippen molar-refractivity contribution in [2.45, 2.75) is 44.9 Å². The summed E-state index contributed by atoms with van der Waals surface area (Å²) in [5.41, 5.74) is 7.28. The van der Waals surface area contributed by atoms with Gasteiger partial charge in [-0.15, -0.1) is 0 Å². The van der Waals surface area contributed by atoms with Gasteiger partial charge in [-0.1, -0.05) is 12.1 Å². The molecule has 1 saturated heterocycles. The minimum atomic E-state index is 0.185. The number of hydrogen-bond acceptors (Lipinski definition) is 4. The fourth-order valence-corrected chi connectivity index (χ4v) is 2.95. The third kappa shape index (κ3) is 4.43. The van der Waals surface area contributed by atoms with Crippen molar-refractivity contribution in [2.24, 2.45) is 5.73 Å². The molecular formula is C17H28N2O2. The van der Waals surface area contributed by atoms with Crippen molar-refractivity contribution in [3.05, 3.63) is 29.8 Å². The van der Waals surface area contributed by atoms with Crippen molar-refractivity contribution in [3.63, 3.8) is 0 Å². The smallest absolute Gasteiger partial charge is 0.120 e. The number of hydrogen-bond donors (Lipinski definition) is 1. The largest absolute Gasteiger partial charge is 0.491 e. The first-order chi connectivity index (χ1) is 10.1. The van der Waals surface area contributed by atoms with Crippen molar-refractivity contribution in [3.8, 4) is 5.75 Å². The lowest BCUT2D eigenvalue weighted by molar-refractivity contribution is 0.0293. The highest BCUT2D eigenvalue weighted by atomic mass is 16.5. The molecule has 118 valence electrons. The number of likely N-dealkylation sites (N-methyl/N-ethyl adjacent to an activating group) is 1. The molecule has 1 aromatic carbocycles. The van der Waals surface area contributed by atoms with E-state index in [9.17, 15) is 0 Å². The Balaban J connectivity index is 2.12. The second-order valence-electron chi connectivity index (χ2n) is 6.00. The summed E-state index contributed by atoms with van der Waals surface area (Å²) in [6, 6.07) is 9.08. The molecule has 0 bridgehead atoms. The highest BCUT2D eigenvalue weighted by Gasteiger charge is 2.25. The van der Waals surface area contributed by atoms with Gasteiger partial charge in [-0.05, 0) is 51.4 Å². The minimum absolute atomic E-state index is 0.185. The Hall–Kier alpha value is -1.10. The van der Waals surface area contributed by atoms with Crippen LogP contribution in [0.15, 0.2) is 24.3 Å². The van der Waals surface area contributed by atoms with Gasteiger partial charge < -0.3 is 15.2 Å². The first-order valence-corrected chi connectivity index (χ1v) is 7.88. The number of nitrogens with two attached hydrogens (primary N) is 1. The van der Waals surface area contributed by atoms with Gasteiger partial charge in [-0.2, -0.15) is 0 Å². The molecule has 1 aliphatic heterocycles. The predicted molar refractivity (Wildman–Crippen MR) is 85.6 cm³/mol. The Bertz CT molecular complexity index is 431. The van der Waals surface area contributed by atoms with Gasteiger partial charge in [-0.25, -0.2) is 0 Å². The first kappa shape index (κ1) is 16.3. The minimum Gasteiger partial charge on any atom is -0.491 e. The average molecular weight is 292 g/mol. The molecule has 4 heteroatoms. The van der Waals surface area contributed by atoms with E-state index in [4.69, 9.17) is 15.2 Å². The Morgan fingerprint density at radius 1 is 1.33 bits per heavy atom. The number of rotatable bonds is 6. The van der Waals surface area contributed by atoms with E-state index < -0.39 is 0 Å². The summed E-state index contributed by atoms with van der Waals surface area (Å²) in [5, 5.41) is 0. The molecule has 2 N–H and O–H groups in total. The van der Waals surface area contributed by atoms with Crippen molar-refractivity contribution in [1.29, 1.82) is 0 Å². The van der Waals surface area contributed by atoms with E-state index in [2.05, 4.69) is 24.1 Å². The monoisotopic (exact) mass is 292 g/mol. The van der Waals surface area contributed by atoms with Crippen LogP contribution in [-0.4, -0.2) is 43.9 Å². The SMILES string of the molecule is CC(C)Oc1cccc(C(CN)N(C)C2CCOCC2)c1. The van der Waals surface area contributed by atoms with E-state index in [0.717, 1.165) is 31.8 Å². The summed E-state index contributed by atoms with van der Waals surface area (Å²) in [4.78, 5) is 2.40. The zero-order valence-corrected chi connectivity index (χ0v) is 13.4. The van der Waals surface area contributed by atoms with Gasteiger partial charge in [0, 0.05) is 31.8 Å². The summed E-state index contributed by atoms with van der Waals surface area (Å²) in [6.07, 6.45) is 2.34. The Kier molecular flexibility index (Phi) is 6.03. The number of benzene rings is 1. The maximum Gasteiger partial charge on any atom is 0.120 e. The molecule has 21 heavy (non-hydrogen) atoms. The van der Waals surface area contributed by atoms with Crippen LogP contribution in [0.25, 0.3) is 0 Å². The maximum atomic E-state index is 6.05. The van der Waals surface area contributed by atoms with Crippen LogP contribution in [0.4, 0.5) is 0 Å². The third-order valence-electron chi connectivity index (χ3n) is 4.10. The van der Waals surface area contributed by atoms with Crippen LogP contribution in [-0.2, 0) is 4.74 Å². The molecular weight excluding hydrogens is 264 g/mol. The molecule has 0 saturated carbocycles. The molecule has 1 unspecified atom stereocenters. The zero-order chi connectivity index (χ0) is 15.2. The second-order valence-corrected chi connectivity index (χ2v) is 6.00. The van der Waals surface area contributed by atoms with Crippen LogP contribution in [0.3, 0.4) is 0 Å². The van der Waals surface area contributed by atoms with Gasteiger partial charge in [0.15, 0.2) is 0 Å². The molecule has 1 aromatic rings.